The number of nitrogens with zero attached hydrogens (tertiary/aromatic N) is 4. The van der Waals surface area contributed by atoms with E-state index in [0.29, 0.717) is 26.1 Å². The van der Waals surface area contributed by atoms with Crippen molar-refractivity contribution in [2.24, 2.45) is 11.8 Å². The minimum Gasteiger partial charge on any atom is -0.298 e. The van der Waals surface area contributed by atoms with Gasteiger partial charge in [-0.1, -0.05) is 36.7 Å². The first-order valence-corrected chi connectivity index (χ1v) is 17.3. The van der Waals surface area contributed by atoms with E-state index in [1.165, 1.54) is 33.3 Å². The Kier molecular flexibility index (Phi) is 8.17. The molecule has 48 heavy (non-hydrogen) atoms. The van der Waals surface area contributed by atoms with Gasteiger partial charge in [0.15, 0.2) is 9.45 Å². The number of imide groups is 1. The fraction of sp³-hybridized carbons (Fsp3) is 0.235. The smallest absolute Gasteiger partial charge is 0.283 e. The Balaban J connectivity index is 1.15. The lowest BCUT2D eigenvalue weighted by molar-refractivity contribution is -0.387. The minimum atomic E-state index is -0.698. The highest BCUT2D eigenvalue weighted by Crippen LogP contribution is 2.43. The van der Waals surface area contributed by atoms with Crippen LogP contribution in [0.5, 0.6) is 0 Å². The maximum Gasteiger partial charge on any atom is 0.283 e. The fourth-order valence-corrected chi connectivity index (χ4v) is 8.78. The van der Waals surface area contributed by atoms with Gasteiger partial charge in [0.2, 0.25) is 11.8 Å². The monoisotopic (exact) mass is 697 g/mol. The average Bonchev–Trinajstić information content (AvgIpc) is 3.57. The Morgan fingerprint density at radius 1 is 0.938 bits per heavy atom. The van der Waals surface area contributed by atoms with Crippen molar-refractivity contribution in [3.05, 3.63) is 87.0 Å². The number of benzene rings is 3. The van der Waals surface area contributed by atoms with Crippen LogP contribution in [0.1, 0.15) is 42.4 Å². The van der Waals surface area contributed by atoms with E-state index >= 15 is 0 Å². The quantitative estimate of drug-likeness (QED) is 0.0598. The van der Waals surface area contributed by atoms with E-state index in [9.17, 15) is 29.3 Å². The van der Waals surface area contributed by atoms with Crippen LogP contribution < -0.4 is 15.1 Å². The Hall–Kier alpha value is -4.79. The zero-order valence-corrected chi connectivity index (χ0v) is 28.2. The van der Waals surface area contributed by atoms with Crippen molar-refractivity contribution in [2.45, 2.75) is 48.8 Å². The number of thiocarbonyl (C=S) groups is 1. The molecule has 242 valence electrons. The van der Waals surface area contributed by atoms with Crippen LogP contribution in [0.15, 0.2) is 69.4 Å². The highest BCUT2D eigenvalue weighted by molar-refractivity contribution is 8.01. The van der Waals surface area contributed by atoms with Gasteiger partial charge in [0.05, 0.1) is 43.2 Å². The van der Waals surface area contributed by atoms with Crippen LogP contribution in [0.25, 0.3) is 16.3 Å². The predicted octanol–water partition coefficient (Wildman–Crippen LogP) is 6.48. The number of hydrogen-bond donors (Lipinski definition) is 1. The summed E-state index contributed by atoms with van der Waals surface area (Å²) in [5.74, 6) is -2.15. The molecule has 1 N–H and O–H groups in total. The molecule has 4 amide bonds. The molecule has 3 aromatic carbocycles. The topological polar surface area (TPSA) is 143 Å². The first-order chi connectivity index (χ1) is 23.0. The summed E-state index contributed by atoms with van der Waals surface area (Å²) < 4.78 is 1.27. The van der Waals surface area contributed by atoms with Crippen LogP contribution in [0.4, 0.5) is 17.1 Å². The van der Waals surface area contributed by atoms with Crippen molar-refractivity contribution < 1.29 is 24.1 Å². The number of thiazole rings is 1. The van der Waals surface area contributed by atoms with Crippen molar-refractivity contribution in [1.29, 1.82) is 0 Å². The summed E-state index contributed by atoms with van der Waals surface area (Å²) in [4.78, 5) is 71.7. The summed E-state index contributed by atoms with van der Waals surface area (Å²) in [7, 11) is 0. The highest BCUT2D eigenvalue weighted by atomic mass is 32.2. The molecule has 7 rings (SSSR count). The number of carbonyl (C=O) groups excluding carboxylic acids is 4. The zero-order chi connectivity index (χ0) is 33.9. The highest BCUT2D eigenvalue weighted by Gasteiger charge is 2.48. The van der Waals surface area contributed by atoms with Gasteiger partial charge in [-0.3, -0.25) is 44.4 Å². The minimum absolute atomic E-state index is 0.0530. The second-order valence-corrected chi connectivity index (χ2v) is 14.7. The van der Waals surface area contributed by atoms with Gasteiger partial charge in [0.1, 0.15) is 5.57 Å². The Bertz CT molecular complexity index is 2120. The van der Waals surface area contributed by atoms with Gasteiger partial charge in [0, 0.05) is 6.07 Å². The molecule has 1 aliphatic carbocycles. The van der Waals surface area contributed by atoms with Crippen molar-refractivity contribution in [3.63, 3.8) is 0 Å². The van der Waals surface area contributed by atoms with Crippen LogP contribution in [0.2, 0.25) is 0 Å². The summed E-state index contributed by atoms with van der Waals surface area (Å²) in [5, 5.41) is 14.7. The molecule has 2 saturated heterocycles. The van der Waals surface area contributed by atoms with Crippen molar-refractivity contribution >= 4 is 97.4 Å². The normalized spacial score (nSPS) is 20.5. The summed E-state index contributed by atoms with van der Waals surface area (Å²) in [6.45, 7) is 3.84. The SMILES string of the molecule is Cc1ccc(N2C(=O)/C(=C/c3ccc(Sc4nc5ccc(N6C(=O)[C@H]7CCCC[C@H]7C6=O)cc5s4)c([N+](=O)[O-])c3)C(=O)NC2=S)cc1C. The molecule has 0 unspecified atom stereocenters. The van der Waals surface area contributed by atoms with E-state index in [-0.39, 0.29) is 45.6 Å². The predicted molar refractivity (Wildman–Crippen MR) is 187 cm³/mol. The first-order valence-electron chi connectivity index (χ1n) is 15.2. The summed E-state index contributed by atoms with van der Waals surface area (Å²) in [5.41, 5.74) is 3.46. The molecule has 3 fully saturated rings. The molecule has 3 aliphatic rings. The van der Waals surface area contributed by atoms with Gasteiger partial charge >= 0.3 is 0 Å². The van der Waals surface area contributed by atoms with E-state index in [1.807, 2.05) is 19.9 Å². The van der Waals surface area contributed by atoms with Gasteiger partial charge in [-0.25, -0.2) is 4.98 Å². The maximum absolute atomic E-state index is 13.5. The standard InChI is InChI=1S/C34H27N5O6S3/c1-17-7-9-20(13-18(17)2)38-32(43)24(29(40)36-33(38)46)14-19-8-12-27(26(15-19)39(44)45)47-34-35-25-11-10-21(16-28(25)48-34)37-30(41)22-5-3-4-6-23(22)31(37)42/h7-16,22-23H,3-6H2,1-2H3,(H,36,40,46)/b24-14+/t22-,23+. The molecule has 11 nitrogen and oxygen atoms in total. The number of hydrogen-bond acceptors (Lipinski definition) is 10. The number of nitrogens with one attached hydrogen (secondary N) is 1. The van der Waals surface area contributed by atoms with E-state index in [2.05, 4.69) is 10.3 Å². The van der Waals surface area contributed by atoms with Crippen LogP contribution in [0, 0.1) is 35.8 Å². The van der Waals surface area contributed by atoms with Crippen molar-refractivity contribution in [1.82, 2.24) is 10.3 Å². The summed E-state index contributed by atoms with van der Waals surface area (Å²) in [6.07, 6.45) is 4.66. The van der Waals surface area contributed by atoms with Gasteiger partial charge < -0.3 is 0 Å². The van der Waals surface area contributed by atoms with Crippen LogP contribution in [-0.2, 0) is 19.2 Å². The van der Waals surface area contributed by atoms with Gasteiger partial charge in [-0.05, 0) is 98.1 Å². The second kappa shape index (κ2) is 12.3. The van der Waals surface area contributed by atoms with Gasteiger partial charge in [-0.2, -0.15) is 0 Å². The van der Waals surface area contributed by atoms with Gasteiger partial charge in [0.25, 0.3) is 17.5 Å². The molecule has 3 heterocycles. The Morgan fingerprint density at radius 3 is 2.31 bits per heavy atom. The third-order valence-corrected chi connectivity index (χ3v) is 11.4. The molecule has 0 radical (unpaired) electrons. The first kappa shape index (κ1) is 31.8. The lowest BCUT2D eigenvalue weighted by atomic mass is 9.81. The molecule has 0 spiro atoms. The van der Waals surface area contributed by atoms with E-state index in [4.69, 9.17) is 12.2 Å². The zero-order valence-electron chi connectivity index (χ0n) is 25.7. The van der Waals surface area contributed by atoms with Gasteiger partial charge in [-0.15, -0.1) is 11.3 Å². The molecule has 1 saturated carbocycles. The summed E-state index contributed by atoms with van der Waals surface area (Å²) >= 11 is 7.70. The third kappa shape index (κ3) is 5.59. The Labute approximate surface area is 288 Å². The second-order valence-electron chi connectivity index (χ2n) is 12.0. The molecule has 4 aromatic rings. The number of aromatic nitrogens is 1. The van der Waals surface area contributed by atoms with Crippen LogP contribution >= 0.6 is 35.3 Å². The number of fused-ring (bicyclic) bond motifs is 2. The molecular weight excluding hydrogens is 671 g/mol. The van der Waals surface area contributed by atoms with Crippen molar-refractivity contribution in [2.75, 3.05) is 9.80 Å². The van der Waals surface area contributed by atoms with Crippen LogP contribution in [0.3, 0.4) is 0 Å². The number of nitro groups is 1. The fourth-order valence-electron chi connectivity index (χ4n) is 6.36. The van der Waals surface area contributed by atoms with Crippen molar-refractivity contribution in [3.8, 4) is 0 Å². The molecule has 2 atom stereocenters. The largest absolute Gasteiger partial charge is 0.298 e. The number of amides is 4. The number of rotatable bonds is 6. The molecular formula is C34H27N5O6S3. The van der Waals surface area contributed by atoms with E-state index in [0.717, 1.165) is 53.3 Å². The molecule has 2 aliphatic heterocycles. The van der Waals surface area contributed by atoms with E-state index < -0.39 is 16.7 Å². The van der Waals surface area contributed by atoms with Crippen LogP contribution in [-0.4, -0.2) is 38.6 Å². The molecule has 14 heteroatoms. The molecule has 1 aromatic heterocycles. The average molecular weight is 698 g/mol. The Morgan fingerprint density at radius 2 is 1.62 bits per heavy atom. The van der Waals surface area contributed by atoms with E-state index in [1.54, 1.807) is 42.5 Å². The third-order valence-electron chi connectivity index (χ3n) is 8.99. The number of nitro benzene ring substituents is 1. The number of anilines is 2. The maximum atomic E-state index is 13.5. The lowest BCUT2D eigenvalue weighted by Gasteiger charge is -2.29. The lowest BCUT2D eigenvalue weighted by Crippen LogP contribution is -2.54. The molecule has 0 bridgehead atoms. The summed E-state index contributed by atoms with van der Waals surface area (Å²) in [6, 6.07) is 15.1. The number of carbonyl (C=O) groups is 4. The number of aryl methyl sites for hydroxylation is 2.